The van der Waals surface area contributed by atoms with E-state index in [0.29, 0.717) is 35.0 Å². The zero-order valence-corrected chi connectivity index (χ0v) is 19.9. The number of nitrogens with one attached hydrogen (secondary N) is 3. The summed E-state index contributed by atoms with van der Waals surface area (Å²) in [7, 11) is 3.46. The quantitative estimate of drug-likeness (QED) is 0.403. The van der Waals surface area contributed by atoms with Gasteiger partial charge in [0.25, 0.3) is 11.5 Å². The van der Waals surface area contributed by atoms with Crippen molar-refractivity contribution in [3.8, 4) is 0 Å². The number of rotatable bonds is 7. The molecule has 4 N–H and O–H groups in total. The lowest BCUT2D eigenvalue weighted by atomic mass is 9.89. The Labute approximate surface area is 202 Å². The summed E-state index contributed by atoms with van der Waals surface area (Å²) in [5.41, 5.74) is 0.904. The molecular formula is C24H31N7O4. The Hall–Kier alpha value is -3.44. The first-order valence-electron chi connectivity index (χ1n) is 12.0. The van der Waals surface area contributed by atoms with Gasteiger partial charge in [-0.25, -0.2) is 4.98 Å². The summed E-state index contributed by atoms with van der Waals surface area (Å²) in [6.45, 7) is 0. The van der Waals surface area contributed by atoms with Crippen molar-refractivity contribution in [3.05, 3.63) is 46.5 Å². The molecule has 0 saturated heterocycles. The summed E-state index contributed by atoms with van der Waals surface area (Å²) in [6.07, 6.45) is 8.09. The van der Waals surface area contributed by atoms with Gasteiger partial charge in [0.05, 0.1) is 24.4 Å². The lowest BCUT2D eigenvalue weighted by molar-refractivity contribution is 0.0448. The van der Waals surface area contributed by atoms with Crippen molar-refractivity contribution in [1.29, 1.82) is 0 Å². The van der Waals surface area contributed by atoms with Crippen LogP contribution in [0.5, 0.6) is 0 Å². The van der Waals surface area contributed by atoms with Gasteiger partial charge >= 0.3 is 0 Å². The first-order chi connectivity index (χ1) is 17.0. The standard InChI is InChI=1S/C24H31N7O4/c1-25-21-12-20(29-22-16(13-26-31(21)22)23(33)28-17-8-9-19(17)32)27-18-7-4-10-30(24(18)34)14-5-3-6-15(11-14)35-2/h4,7,10,12-15,17,19,25,32H,3,5-6,8-9,11H2,1-2H3,(H,27,29)(H,28,33)/t14-,15+,17+,19+/m0/s1. The molecule has 2 aliphatic carbocycles. The van der Waals surface area contributed by atoms with E-state index in [9.17, 15) is 14.7 Å². The zero-order valence-electron chi connectivity index (χ0n) is 19.9. The Kier molecular flexibility index (Phi) is 6.44. The maximum absolute atomic E-state index is 13.3. The Morgan fingerprint density at radius 2 is 2.11 bits per heavy atom. The molecule has 0 bridgehead atoms. The summed E-state index contributed by atoms with van der Waals surface area (Å²) in [6, 6.07) is 5.12. The summed E-state index contributed by atoms with van der Waals surface area (Å²) >= 11 is 0. The van der Waals surface area contributed by atoms with Gasteiger partial charge in [0.1, 0.15) is 22.9 Å². The van der Waals surface area contributed by atoms with Gasteiger partial charge < -0.3 is 30.4 Å². The van der Waals surface area contributed by atoms with E-state index in [-0.39, 0.29) is 29.7 Å². The van der Waals surface area contributed by atoms with E-state index in [2.05, 4.69) is 26.0 Å². The number of hydrogen-bond acceptors (Lipinski definition) is 8. The molecule has 0 aromatic carbocycles. The maximum Gasteiger partial charge on any atom is 0.274 e. The second-order valence-electron chi connectivity index (χ2n) is 9.23. The van der Waals surface area contributed by atoms with Crippen LogP contribution in [0.15, 0.2) is 35.4 Å². The van der Waals surface area contributed by atoms with E-state index in [0.717, 1.165) is 32.1 Å². The predicted molar refractivity (Wildman–Crippen MR) is 131 cm³/mol. The minimum absolute atomic E-state index is 0.0817. The van der Waals surface area contributed by atoms with Crippen LogP contribution in [0.1, 0.15) is 54.9 Å². The number of methoxy groups -OCH3 is 1. The molecule has 11 nitrogen and oxygen atoms in total. The van der Waals surface area contributed by atoms with E-state index in [4.69, 9.17) is 4.74 Å². The third-order valence-electron chi connectivity index (χ3n) is 7.09. The third kappa shape index (κ3) is 4.48. The van der Waals surface area contributed by atoms with Crippen LogP contribution in [0.4, 0.5) is 17.3 Å². The number of hydrogen-bond donors (Lipinski definition) is 4. The Balaban J connectivity index is 1.44. The van der Waals surface area contributed by atoms with Crippen LogP contribution in [0, 0.1) is 0 Å². The van der Waals surface area contributed by atoms with Crippen LogP contribution in [-0.2, 0) is 4.74 Å². The number of fused-ring (bicyclic) bond motifs is 1. The first kappa shape index (κ1) is 23.3. The Morgan fingerprint density at radius 3 is 2.83 bits per heavy atom. The van der Waals surface area contributed by atoms with Gasteiger partial charge in [-0.3, -0.25) is 9.59 Å². The molecule has 2 aliphatic rings. The molecule has 3 aromatic heterocycles. The van der Waals surface area contributed by atoms with E-state index in [1.54, 1.807) is 30.9 Å². The fourth-order valence-corrected chi connectivity index (χ4v) is 4.88. The SMILES string of the molecule is CNc1cc(Nc2cccn([C@H]3CCC[C@@H](OC)C3)c2=O)nc2c(C(=O)N[C@@H]3CC[C@H]3O)cnn12. The highest BCUT2D eigenvalue weighted by Gasteiger charge is 2.31. The number of aromatic nitrogens is 4. The van der Waals surface area contributed by atoms with Gasteiger partial charge in [0, 0.05) is 32.5 Å². The molecule has 2 fully saturated rings. The molecule has 5 rings (SSSR count). The molecule has 186 valence electrons. The third-order valence-corrected chi connectivity index (χ3v) is 7.09. The van der Waals surface area contributed by atoms with Crippen molar-refractivity contribution >= 4 is 28.9 Å². The van der Waals surface area contributed by atoms with Gasteiger partial charge in [0.15, 0.2) is 5.65 Å². The van der Waals surface area contributed by atoms with Crippen LogP contribution < -0.4 is 21.5 Å². The van der Waals surface area contributed by atoms with E-state index >= 15 is 0 Å². The Morgan fingerprint density at radius 1 is 1.26 bits per heavy atom. The number of pyridine rings is 1. The normalized spacial score (nSPS) is 24.1. The summed E-state index contributed by atoms with van der Waals surface area (Å²) in [5, 5.41) is 23.2. The van der Waals surface area contributed by atoms with Gasteiger partial charge in [-0.15, -0.1) is 0 Å². The molecule has 3 aromatic rings. The molecule has 0 spiro atoms. The average Bonchev–Trinajstić information content (AvgIpc) is 3.31. The zero-order chi connectivity index (χ0) is 24.5. The molecule has 11 heteroatoms. The number of aliphatic hydroxyl groups excluding tert-OH is 1. The first-order valence-corrected chi connectivity index (χ1v) is 12.0. The minimum Gasteiger partial charge on any atom is -0.391 e. The van der Waals surface area contributed by atoms with Gasteiger partial charge in [-0.05, 0) is 50.7 Å². The number of aliphatic hydroxyl groups is 1. The van der Waals surface area contributed by atoms with Crippen molar-refractivity contribution in [2.45, 2.75) is 62.8 Å². The number of amides is 1. The minimum atomic E-state index is -0.526. The second kappa shape index (κ2) is 9.67. The average molecular weight is 482 g/mol. The molecule has 0 unspecified atom stereocenters. The van der Waals surface area contributed by atoms with Crippen LogP contribution in [0.3, 0.4) is 0 Å². The molecular weight excluding hydrogens is 450 g/mol. The number of anilines is 3. The Bertz CT molecular complexity index is 1290. The number of ether oxygens (including phenoxy) is 1. The van der Waals surface area contributed by atoms with Crippen molar-refractivity contribution in [2.24, 2.45) is 0 Å². The maximum atomic E-state index is 13.3. The predicted octanol–water partition coefficient (Wildman–Crippen LogP) is 2.06. The van der Waals surface area contributed by atoms with Crippen molar-refractivity contribution in [1.82, 2.24) is 24.5 Å². The molecule has 2 saturated carbocycles. The van der Waals surface area contributed by atoms with Crippen LogP contribution in [-0.4, -0.2) is 62.6 Å². The lowest BCUT2D eigenvalue weighted by Gasteiger charge is -2.32. The van der Waals surface area contributed by atoms with Gasteiger partial charge in [-0.2, -0.15) is 9.61 Å². The topological polar surface area (TPSA) is 135 Å². The largest absolute Gasteiger partial charge is 0.391 e. The summed E-state index contributed by atoms with van der Waals surface area (Å²) in [4.78, 5) is 30.8. The van der Waals surface area contributed by atoms with Crippen LogP contribution in [0.2, 0.25) is 0 Å². The fraction of sp³-hybridized carbons (Fsp3) is 0.500. The molecule has 4 atom stereocenters. The van der Waals surface area contributed by atoms with E-state index in [1.807, 2.05) is 12.3 Å². The van der Waals surface area contributed by atoms with Crippen LogP contribution >= 0.6 is 0 Å². The highest BCUT2D eigenvalue weighted by molar-refractivity contribution is 6.00. The fourth-order valence-electron chi connectivity index (χ4n) is 4.88. The molecule has 3 heterocycles. The lowest BCUT2D eigenvalue weighted by Crippen LogP contribution is -2.50. The molecule has 0 radical (unpaired) electrons. The highest BCUT2D eigenvalue weighted by atomic mass is 16.5. The monoisotopic (exact) mass is 481 g/mol. The summed E-state index contributed by atoms with van der Waals surface area (Å²) in [5.74, 6) is 0.669. The van der Waals surface area contributed by atoms with Crippen LogP contribution in [0.25, 0.3) is 5.65 Å². The second-order valence-corrected chi connectivity index (χ2v) is 9.23. The van der Waals surface area contributed by atoms with Crippen molar-refractivity contribution in [3.63, 3.8) is 0 Å². The molecule has 1 amide bonds. The summed E-state index contributed by atoms with van der Waals surface area (Å²) < 4.78 is 8.84. The molecule has 35 heavy (non-hydrogen) atoms. The van der Waals surface area contributed by atoms with Gasteiger partial charge in [0.2, 0.25) is 0 Å². The van der Waals surface area contributed by atoms with Crippen molar-refractivity contribution in [2.75, 3.05) is 24.8 Å². The smallest absolute Gasteiger partial charge is 0.274 e. The van der Waals surface area contributed by atoms with E-state index in [1.165, 1.54) is 10.7 Å². The highest BCUT2D eigenvalue weighted by Crippen LogP contribution is 2.29. The van der Waals surface area contributed by atoms with Crippen molar-refractivity contribution < 1.29 is 14.6 Å². The van der Waals surface area contributed by atoms with Gasteiger partial charge in [-0.1, -0.05) is 0 Å². The number of carbonyl (C=O) groups excluding carboxylic acids is 1. The van der Waals surface area contributed by atoms with E-state index < -0.39 is 6.10 Å². The number of carbonyl (C=O) groups is 1. The number of nitrogens with zero attached hydrogens (tertiary/aromatic N) is 4. The molecule has 0 aliphatic heterocycles.